The predicted octanol–water partition coefficient (Wildman–Crippen LogP) is 2.37. The van der Waals surface area contributed by atoms with Crippen LogP contribution >= 0.6 is 0 Å². The monoisotopic (exact) mass is 356 g/mol. The summed E-state index contributed by atoms with van der Waals surface area (Å²) in [5, 5.41) is 12.7. The number of carboxylic acid groups (broad SMARTS) is 1. The molecule has 1 saturated carbocycles. The van der Waals surface area contributed by atoms with Gasteiger partial charge >= 0.3 is 5.97 Å². The third-order valence-corrected chi connectivity index (χ3v) is 6.94. The lowest BCUT2D eigenvalue weighted by atomic mass is 9.90. The number of hydrogen-bond acceptors (Lipinski definition) is 3. The number of aliphatic carboxylic acids is 1. The van der Waals surface area contributed by atoms with Crippen LogP contribution in [0.3, 0.4) is 0 Å². The Balaban J connectivity index is 1.36. The van der Waals surface area contributed by atoms with Gasteiger partial charge in [0.1, 0.15) is 6.04 Å². The third kappa shape index (κ3) is 2.82. The molecule has 2 aliphatic carbocycles. The Hall–Kier alpha value is -1.88. The van der Waals surface area contributed by atoms with Crippen LogP contribution in [0.4, 0.5) is 0 Å². The standard InChI is InChI=1S/C21H28N2O3/c1-13-19-21(13,2)10-17(20(25)26)23(19)18(24)12-22-11-14-7-8-15-5-3-4-6-16(15)9-14/h7-9,13,17,19,22H,3-6,10-12H2,1-2H3,(H,25,26)/t13?,17?,19?,21-/m1/s1. The van der Waals surface area contributed by atoms with Gasteiger partial charge in [-0.05, 0) is 60.1 Å². The van der Waals surface area contributed by atoms with E-state index in [1.807, 2.05) is 0 Å². The summed E-state index contributed by atoms with van der Waals surface area (Å²) in [6.07, 6.45) is 5.43. The highest BCUT2D eigenvalue weighted by Crippen LogP contribution is 2.63. The maximum Gasteiger partial charge on any atom is 0.326 e. The number of benzene rings is 1. The van der Waals surface area contributed by atoms with Crippen molar-refractivity contribution >= 4 is 11.9 Å². The summed E-state index contributed by atoms with van der Waals surface area (Å²) >= 11 is 0. The van der Waals surface area contributed by atoms with E-state index in [1.165, 1.54) is 36.0 Å². The molecule has 2 fully saturated rings. The number of amides is 1. The normalized spacial score (nSPS) is 32.1. The number of piperidine rings is 1. The van der Waals surface area contributed by atoms with Gasteiger partial charge in [0.05, 0.1) is 6.54 Å². The first kappa shape index (κ1) is 17.5. The molecular weight excluding hydrogens is 328 g/mol. The summed E-state index contributed by atoms with van der Waals surface area (Å²) < 4.78 is 0. The topological polar surface area (TPSA) is 69.6 Å². The molecule has 2 N–H and O–H groups in total. The van der Waals surface area contributed by atoms with Crippen LogP contribution < -0.4 is 5.32 Å². The van der Waals surface area contributed by atoms with Gasteiger partial charge in [0.25, 0.3) is 0 Å². The Morgan fingerprint density at radius 3 is 2.73 bits per heavy atom. The SMILES string of the molecule is CC1C2N(C(=O)CNCc3ccc4c(c3)CCCC4)C(C(=O)O)C[C@]12C. The van der Waals surface area contributed by atoms with E-state index < -0.39 is 12.0 Å². The van der Waals surface area contributed by atoms with Crippen LogP contribution in [0.2, 0.25) is 0 Å². The average molecular weight is 356 g/mol. The second-order valence-corrected chi connectivity index (χ2v) is 8.51. The lowest BCUT2D eigenvalue weighted by Gasteiger charge is -2.26. The number of nitrogens with zero attached hydrogens (tertiary/aromatic N) is 1. The molecule has 1 aromatic carbocycles. The fourth-order valence-electron chi connectivity index (χ4n) is 5.18. The second kappa shape index (κ2) is 6.38. The van der Waals surface area contributed by atoms with Crippen LogP contribution in [0, 0.1) is 11.3 Å². The number of nitrogens with one attached hydrogen (secondary N) is 1. The van der Waals surface area contributed by atoms with Gasteiger partial charge in [-0.3, -0.25) is 4.79 Å². The van der Waals surface area contributed by atoms with Crippen LogP contribution in [0.25, 0.3) is 0 Å². The summed E-state index contributed by atoms with van der Waals surface area (Å²) in [6, 6.07) is 6.02. The van der Waals surface area contributed by atoms with Crippen molar-refractivity contribution in [2.45, 2.75) is 64.6 Å². The Morgan fingerprint density at radius 1 is 1.27 bits per heavy atom. The fraction of sp³-hybridized carbons (Fsp3) is 0.619. The van der Waals surface area contributed by atoms with Crippen LogP contribution in [-0.4, -0.2) is 40.5 Å². The molecule has 1 aliphatic heterocycles. The molecular formula is C21H28N2O3. The van der Waals surface area contributed by atoms with Gasteiger partial charge in [0.15, 0.2) is 0 Å². The van der Waals surface area contributed by atoms with Crippen molar-refractivity contribution in [3.63, 3.8) is 0 Å². The van der Waals surface area contributed by atoms with Gasteiger partial charge in [0, 0.05) is 12.6 Å². The molecule has 4 atom stereocenters. The van der Waals surface area contributed by atoms with Gasteiger partial charge in [-0.25, -0.2) is 4.79 Å². The summed E-state index contributed by atoms with van der Waals surface area (Å²) in [6.45, 7) is 5.05. The summed E-state index contributed by atoms with van der Waals surface area (Å²) in [4.78, 5) is 25.9. The van der Waals surface area contributed by atoms with E-state index in [0.717, 1.165) is 6.42 Å². The number of fused-ring (bicyclic) bond motifs is 2. The minimum atomic E-state index is -0.881. The Kier molecular flexibility index (Phi) is 4.30. The molecule has 140 valence electrons. The number of carbonyl (C=O) groups is 2. The Labute approximate surface area is 154 Å². The molecule has 3 unspecified atom stereocenters. The van der Waals surface area contributed by atoms with E-state index >= 15 is 0 Å². The quantitative estimate of drug-likeness (QED) is 0.850. The zero-order valence-corrected chi connectivity index (χ0v) is 15.6. The zero-order valence-electron chi connectivity index (χ0n) is 15.6. The molecule has 5 nitrogen and oxygen atoms in total. The fourth-order valence-corrected chi connectivity index (χ4v) is 5.18. The molecule has 0 spiro atoms. The maximum atomic E-state index is 12.7. The van der Waals surface area contributed by atoms with Gasteiger partial charge in [-0.2, -0.15) is 0 Å². The van der Waals surface area contributed by atoms with Crippen molar-refractivity contribution in [1.82, 2.24) is 10.2 Å². The van der Waals surface area contributed by atoms with E-state index in [1.54, 1.807) is 4.90 Å². The van der Waals surface area contributed by atoms with E-state index in [4.69, 9.17) is 0 Å². The number of carbonyl (C=O) groups excluding carboxylic acids is 1. The van der Waals surface area contributed by atoms with Crippen LogP contribution in [0.5, 0.6) is 0 Å². The number of carboxylic acids is 1. The zero-order chi connectivity index (χ0) is 18.5. The lowest BCUT2D eigenvalue weighted by molar-refractivity contribution is -0.149. The van der Waals surface area contributed by atoms with Crippen LogP contribution in [0.15, 0.2) is 18.2 Å². The lowest BCUT2D eigenvalue weighted by Crippen LogP contribution is -2.47. The third-order valence-electron chi connectivity index (χ3n) is 6.94. The molecule has 1 amide bonds. The minimum absolute atomic E-state index is 0.0167. The molecule has 1 saturated heterocycles. The van der Waals surface area contributed by atoms with Crippen molar-refractivity contribution in [3.05, 3.63) is 34.9 Å². The molecule has 3 aliphatic rings. The molecule has 0 bridgehead atoms. The van der Waals surface area contributed by atoms with Gasteiger partial charge in [-0.15, -0.1) is 0 Å². The molecule has 1 heterocycles. The van der Waals surface area contributed by atoms with Gasteiger partial charge in [0.2, 0.25) is 5.91 Å². The van der Waals surface area contributed by atoms with Crippen LogP contribution in [-0.2, 0) is 29.0 Å². The highest BCUT2D eigenvalue weighted by atomic mass is 16.4. The minimum Gasteiger partial charge on any atom is -0.480 e. The Bertz CT molecular complexity index is 747. The molecule has 5 heteroatoms. The highest BCUT2D eigenvalue weighted by molar-refractivity contribution is 5.87. The van der Waals surface area contributed by atoms with E-state index in [9.17, 15) is 14.7 Å². The molecule has 1 aromatic rings. The first-order valence-electron chi connectivity index (χ1n) is 9.77. The van der Waals surface area contributed by atoms with Crippen molar-refractivity contribution in [1.29, 1.82) is 0 Å². The maximum absolute atomic E-state index is 12.7. The number of aryl methyl sites for hydroxylation is 2. The van der Waals surface area contributed by atoms with E-state index in [2.05, 4.69) is 37.4 Å². The first-order chi connectivity index (χ1) is 12.4. The Morgan fingerprint density at radius 2 is 2.00 bits per heavy atom. The van der Waals surface area contributed by atoms with Crippen molar-refractivity contribution < 1.29 is 14.7 Å². The van der Waals surface area contributed by atoms with Gasteiger partial charge in [-0.1, -0.05) is 32.0 Å². The van der Waals surface area contributed by atoms with E-state index in [-0.39, 0.29) is 23.9 Å². The number of likely N-dealkylation sites (tertiary alicyclic amines) is 1. The summed E-state index contributed by atoms with van der Waals surface area (Å²) in [5.41, 5.74) is 4.07. The number of hydrogen-bond donors (Lipinski definition) is 2. The van der Waals surface area contributed by atoms with Crippen molar-refractivity contribution in [3.8, 4) is 0 Å². The predicted molar refractivity (Wildman–Crippen MR) is 98.7 cm³/mol. The molecule has 0 aromatic heterocycles. The first-order valence-corrected chi connectivity index (χ1v) is 9.77. The van der Waals surface area contributed by atoms with E-state index in [0.29, 0.717) is 18.9 Å². The molecule has 26 heavy (non-hydrogen) atoms. The largest absolute Gasteiger partial charge is 0.480 e. The molecule has 0 radical (unpaired) electrons. The molecule has 4 rings (SSSR count). The average Bonchev–Trinajstić information content (AvgIpc) is 2.99. The second-order valence-electron chi connectivity index (χ2n) is 8.51. The summed E-state index contributed by atoms with van der Waals surface area (Å²) in [5.74, 6) is -0.579. The van der Waals surface area contributed by atoms with Crippen molar-refractivity contribution in [2.75, 3.05) is 6.54 Å². The smallest absolute Gasteiger partial charge is 0.326 e. The van der Waals surface area contributed by atoms with Crippen LogP contribution in [0.1, 0.15) is 49.8 Å². The van der Waals surface area contributed by atoms with Gasteiger partial charge < -0.3 is 15.3 Å². The van der Waals surface area contributed by atoms with Crippen molar-refractivity contribution in [2.24, 2.45) is 11.3 Å². The summed E-state index contributed by atoms with van der Waals surface area (Å²) in [7, 11) is 0. The number of rotatable bonds is 5. The highest BCUT2D eigenvalue weighted by Gasteiger charge is 2.70.